The fraction of sp³-hybridized carbons (Fsp3) is 0.429. The van der Waals surface area contributed by atoms with Gasteiger partial charge in [-0.25, -0.2) is 4.39 Å². The lowest BCUT2D eigenvalue weighted by Gasteiger charge is -2.26. The van der Waals surface area contributed by atoms with Gasteiger partial charge in [-0.15, -0.1) is 0 Å². The van der Waals surface area contributed by atoms with Gasteiger partial charge >= 0.3 is 0 Å². The SMILES string of the molecule is CC(C)C1NC(=O)CCN(c2cc(F)ccc2Br)C1=O. The fourth-order valence-electron chi connectivity index (χ4n) is 2.18. The second-order valence-corrected chi connectivity index (χ2v) is 5.98. The maximum atomic E-state index is 13.4. The molecule has 0 spiro atoms. The predicted molar refractivity (Wildman–Crippen MR) is 77.8 cm³/mol. The van der Waals surface area contributed by atoms with Gasteiger partial charge in [-0.3, -0.25) is 9.59 Å². The third-order valence-electron chi connectivity index (χ3n) is 3.28. The smallest absolute Gasteiger partial charge is 0.249 e. The number of nitrogens with zero attached hydrogens (tertiary/aromatic N) is 1. The molecule has 0 aromatic heterocycles. The Balaban J connectivity index is 2.41. The van der Waals surface area contributed by atoms with Crippen molar-refractivity contribution < 1.29 is 14.0 Å². The van der Waals surface area contributed by atoms with Crippen LogP contribution in [-0.2, 0) is 9.59 Å². The van der Waals surface area contributed by atoms with Crippen LogP contribution in [0, 0.1) is 11.7 Å². The summed E-state index contributed by atoms with van der Waals surface area (Å²) in [7, 11) is 0. The predicted octanol–water partition coefficient (Wildman–Crippen LogP) is 2.47. The van der Waals surface area contributed by atoms with Crippen LogP contribution in [0.2, 0.25) is 0 Å². The largest absolute Gasteiger partial charge is 0.344 e. The molecule has 0 radical (unpaired) electrons. The molecule has 1 atom stereocenters. The number of hydrogen-bond acceptors (Lipinski definition) is 2. The first-order chi connectivity index (χ1) is 9.40. The lowest BCUT2D eigenvalue weighted by atomic mass is 10.0. The van der Waals surface area contributed by atoms with Crippen LogP contribution in [0.25, 0.3) is 0 Å². The van der Waals surface area contributed by atoms with Crippen LogP contribution in [0.15, 0.2) is 22.7 Å². The number of anilines is 1. The molecule has 2 amide bonds. The third kappa shape index (κ3) is 3.00. The second kappa shape index (κ2) is 5.91. The highest BCUT2D eigenvalue weighted by Gasteiger charge is 2.33. The number of hydrogen-bond donors (Lipinski definition) is 1. The number of halogens is 2. The maximum Gasteiger partial charge on any atom is 0.249 e. The molecule has 1 aliphatic heterocycles. The van der Waals surface area contributed by atoms with E-state index in [9.17, 15) is 14.0 Å². The molecule has 1 unspecified atom stereocenters. The van der Waals surface area contributed by atoms with E-state index in [0.717, 1.165) is 0 Å². The van der Waals surface area contributed by atoms with E-state index in [1.807, 2.05) is 13.8 Å². The molecule has 20 heavy (non-hydrogen) atoms. The molecule has 0 bridgehead atoms. The zero-order valence-corrected chi connectivity index (χ0v) is 12.9. The topological polar surface area (TPSA) is 49.4 Å². The van der Waals surface area contributed by atoms with E-state index in [0.29, 0.717) is 10.2 Å². The highest BCUT2D eigenvalue weighted by Crippen LogP contribution is 2.29. The molecule has 6 heteroatoms. The summed E-state index contributed by atoms with van der Waals surface area (Å²) in [4.78, 5) is 25.7. The number of rotatable bonds is 2. The van der Waals surface area contributed by atoms with E-state index < -0.39 is 11.9 Å². The zero-order valence-electron chi connectivity index (χ0n) is 11.3. The summed E-state index contributed by atoms with van der Waals surface area (Å²) in [6, 6.07) is 3.59. The Morgan fingerprint density at radius 1 is 1.40 bits per heavy atom. The first-order valence-electron chi connectivity index (χ1n) is 6.46. The molecule has 1 heterocycles. The van der Waals surface area contributed by atoms with Gasteiger partial charge in [-0.2, -0.15) is 0 Å². The van der Waals surface area contributed by atoms with Crippen LogP contribution in [0.3, 0.4) is 0 Å². The highest BCUT2D eigenvalue weighted by molar-refractivity contribution is 9.10. The average molecular weight is 343 g/mol. The van der Waals surface area contributed by atoms with Crippen molar-refractivity contribution in [2.24, 2.45) is 5.92 Å². The summed E-state index contributed by atoms with van der Waals surface area (Å²) in [5.41, 5.74) is 0.456. The van der Waals surface area contributed by atoms with Gasteiger partial charge in [0.25, 0.3) is 0 Å². The van der Waals surface area contributed by atoms with Crippen molar-refractivity contribution in [3.63, 3.8) is 0 Å². The van der Waals surface area contributed by atoms with Gasteiger partial charge in [-0.05, 0) is 40.0 Å². The van der Waals surface area contributed by atoms with Crippen molar-refractivity contribution >= 4 is 33.4 Å². The molecule has 1 N–H and O–H groups in total. The lowest BCUT2D eigenvalue weighted by Crippen LogP contribution is -2.48. The Morgan fingerprint density at radius 3 is 2.75 bits per heavy atom. The van der Waals surface area contributed by atoms with Crippen LogP contribution in [-0.4, -0.2) is 24.4 Å². The molecule has 1 aromatic carbocycles. The summed E-state index contributed by atoms with van der Waals surface area (Å²) < 4.78 is 14.1. The Morgan fingerprint density at radius 2 is 2.10 bits per heavy atom. The van der Waals surface area contributed by atoms with Crippen LogP contribution in [0.4, 0.5) is 10.1 Å². The quantitative estimate of drug-likeness (QED) is 0.897. The summed E-state index contributed by atoms with van der Waals surface area (Å²) in [6.07, 6.45) is 0.206. The zero-order chi connectivity index (χ0) is 14.9. The number of benzene rings is 1. The van der Waals surface area contributed by atoms with Crippen LogP contribution >= 0.6 is 15.9 Å². The van der Waals surface area contributed by atoms with Crippen molar-refractivity contribution in [3.8, 4) is 0 Å². The Labute approximate surface area is 125 Å². The van der Waals surface area contributed by atoms with Crippen molar-refractivity contribution in [2.45, 2.75) is 26.3 Å². The molecule has 0 saturated carbocycles. The van der Waals surface area contributed by atoms with Crippen LogP contribution < -0.4 is 10.2 Å². The minimum atomic E-state index is -0.583. The molecule has 1 saturated heterocycles. The number of carbonyl (C=O) groups excluding carboxylic acids is 2. The molecule has 108 valence electrons. The van der Waals surface area contributed by atoms with E-state index in [-0.39, 0.29) is 30.7 Å². The van der Waals surface area contributed by atoms with E-state index in [1.165, 1.54) is 17.0 Å². The van der Waals surface area contributed by atoms with E-state index in [1.54, 1.807) is 6.07 Å². The molecular weight excluding hydrogens is 327 g/mol. The van der Waals surface area contributed by atoms with Crippen LogP contribution in [0.1, 0.15) is 20.3 Å². The minimum Gasteiger partial charge on any atom is -0.344 e. The van der Waals surface area contributed by atoms with Gasteiger partial charge in [0.05, 0.1) is 5.69 Å². The second-order valence-electron chi connectivity index (χ2n) is 5.12. The number of amides is 2. The molecule has 1 aliphatic rings. The summed E-state index contributed by atoms with van der Waals surface area (Å²) >= 11 is 3.33. The number of carbonyl (C=O) groups is 2. The third-order valence-corrected chi connectivity index (χ3v) is 3.95. The summed E-state index contributed by atoms with van der Waals surface area (Å²) in [6.45, 7) is 3.98. The first-order valence-corrected chi connectivity index (χ1v) is 7.25. The Hall–Kier alpha value is -1.43. The molecule has 2 rings (SSSR count). The minimum absolute atomic E-state index is 0.0283. The Kier molecular flexibility index (Phi) is 4.42. The van der Waals surface area contributed by atoms with E-state index >= 15 is 0 Å². The van der Waals surface area contributed by atoms with Crippen molar-refractivity contribution in [3.05, 3.63) is 28.5 Å². The standard InChI is InChI=1S/C14H16BrFN2O2/c1-8(2)13-14(20)18(6-5-12(19)17-13)11-7-9(16)3-4-10(11)15/h3-4,7-8,13H,5-6H2,1-2H3,(H,17,19). The van der Waals surface area contributed by atoms with Gasteiger partial charge in [0.15, 0.2) is 0 Å². The molecule has 1 aromatic rings. The molecular formula is C14H16BrFN2O2. The molecule has 0 aliphatic carbocycles. The van der Waals surface area contributed by atoms with Crippen LogP contribution in [0.5, 0.6) is 0 Å². The van der Waals surface area contributed by atoms with E-state index in [2.05, 4.69) is 21.2 Å². The van der Waals surface area contributed by atoms with Gasteiger partial charge in [0.1, 0.15) is 11.9 Å². The van der Waals surface area contributed by atoms with E-state index in [4.69, 9.17) is 0 Å². The molecule has 4 nitrogen and oxygen atoms in total. The van der Waals surface area contributed by atoms with Gasteiger partial charge < -0.3 is 10.2 Å². The highest BCUT2D eigenvalue weighted by atomic mass is 79.9. The maximum absolute atomic E-state index is 13.4. The first kappa shape index (κ1) is 15.0. The van der Waals surface area contributed by atoms with Gasteiger partial charge in [-0.1, -0.05) is 13.8 Å². The van der Waals surface area contributed by atoms with Crippen molar-refractivity contribution in [1.82, 2.24) is 5.32 Å². The fourth-order valence-corrected chi connectivity index (χ4v) is 2.64. The molecule has 1 fully saturated rings. The van der Waals surface area contributed by atoms with Gasteiger partial charge in [0, 0.05) is 17.4 Å². The summed E-state index contributed by atoms with van der Waals surface area (Å²) in [5, 5.41) is 2.72. The van der Waals surface area contributed by atoms with Crippen molar-refractivity contribution in [1.29, 1.82) is 0 Å². The monoisotopic (exact) mass is 342 g/mol. The van der Waals surface area contributed by atoms with Crippen molar-refractivity contribution in [2.75, 3.05) is 11.4 Å². The summed E-state index contributed by atoms with van der Waals surface area (Å²) in [5.74, 6) is -0.816. The van der Waals surface area contributed by atoms with Gasteiger partial charge in [0.2, 0.25) is 11.8 Å². The Bertz CT molecular complexity index is 548. The average Bonchev–Trinajstić information content (AvgIpc) is 2.53. The normalized spacial score (nSPS) is 20.1. The lowest BCUT2D eigenvalue weighted by molar-refractivity contribution is -0.126. The number of nitrogens with one attached hydrogen (secondary N) is 1.